The highest BCUT2D eigenvalue weighted by Crippen LogP contribution is 2.26. The first kappa shape index (κ1) is 25.0. The second-order valence-electron chi connectivity index (χ2n) is 7.02. The van der Waals surface area contributed by atoms with Crippen molar-refractivity contribution in [3.05, 3.63) is 56.5 Å². The lowest BCUT2D eigenvalue weighted by molar-refractivity contribution is -0.124. The van der Waals surface area contributed by atoms with Crippen LogP contribution in [0.2, 0.25) is 10.0 Å². The van der Waals surface area contributed by atoms with E-state index in [0.717, 1.165) is 0 Å². The molecule has 2 aromatic carbocycles. The Hall–Kier alpha value is -2.29. The van der Waals surface area contributed by atoms with Crippen molar-refractivity contribution in [1.82, 2.24) is 10.9 Å². The Bertz CT molecular complexity index is 970. The number of hydrogen-bond acceptors (Lipinski definition) is 4. The molecule has 2 rings (SSSR count). The van der Waals surface area contributed by atoms with E-state index in [9.17, 15) is 14.4 Å². The third kappa shape index (κ3) is 8.40. The van der Waals surface area contributed by atoms with Crippen LogP contribution in [0, 0.1) is 5.92 Å². The Labute approximate surface area is 198 Å². The lowest BCUT2D eigenvalue weighted by atomic mass is 10.2. The third-order valence-corrected chi connectivity index (χ3v) is 4.90. The molecular formula is C21H22BrCl2N3O4. The molecule has 166 valence electrons. The number of benzene rings is 2. The summed E-state index contributed by atoms with van der Waals surface area (Å²) in [5.74, 6) is -0.769. The van der Waals surface area contributed by atoms with Gasteiger partial charge in [-0.15, -0.1) is 0 Å². The highest BCUT2D eigenvalue weighted by Gasteiger charge is 2.15. The van der Waals surface area contributed by atoms with Crippen molar-refractivity contribution in [2.24, 2.45) is 5.92 Å². The molecule has 10 heteroatoms. The van der Waals surface area contributed by atoms with E-state index in [1.54, 1.807) is 30.3 Å². The monoisotopic (exact) mass is 529 g/mol. The van der Waals surface area contributed by atoms with Crippen LogP contribution in [0.4, 0.5) is 5.69 Å². The average molecular weight is 531 g/mol. The van der Waals surface area contributed by atoms with Gasteiger partial charge in [0.15, 0.2) is 0 Å². The second-order valence-corrected chi connectivity index (χ2v) is 8.78. The summed E-state index contributed by atoms with van der Waals surface area (Å²) in [4.78, 5) is 36.5. The van der Waals surface area contributed by atoms with Gasteiger partial charge in [0.2, 0.25) is 11.8 Å². The third-order valence-electron chi connectivity index (χ3n) is 3.86. The number of anilines is 1. The maximum atomic E-state index is 12.5. The van der Waals surface area contributed by atoms with Crippen LogP contribution in [0.1, 0.15) is 37.0 Å². The van der Waals surface area contributed by atoms with Crippen LogP contribution in [0.25, 0.3) is 0 Å². The molecule has 0 aromatic heterocycles. The highest BCUT2D eigenvalue weighted by atomic mass is 79.9. The molecule has 3 N–H and O–H groups in total. The summed E-state index contributed by atoms with van der Waals surface area (Å²) < 4.78 is 6.36. The molecule has 3 amide bonds. The molecule has 0 saturated carbocycles. The van der Waals surface area contributed by atoms with Crippen LogP contribution < -0.4 is 20.9 Å². The van der Waals surface area contributed by atoms with E-state index < -0.39 is 17.7 Å². The maximum absolute atomic E-state index is 12.5. The van der Waals surface area contributed by atoms with E-state index in [1.165, 1.54) is 6.07 Å². The van der Waals surface area contributed by atoms with Crippen LogP contribution in [-0.4, -0.2) is 24.3 Å². The van der Waals surface area contributed by atoms with Gasteiger partial charge in [-0.3, -0.25) is 25.2 Å². The van der Waals surface area contributed by atoms with Gasteiger partial charge in [0, 0.05) is 22.3 Å². The van der Waals surface area contributed by atoms with Gasteiger partial charge in [-0.1, -0.05) is 53.0 Å². The minimum Gasteiger partial charge on any atom is -0.492 e. The number of rotatable bonds is 8. The quantitative estimate of drug-likeness (QED) is 0.420. The van der Waals surface area contributed by atoms with Gasteiger partial charge in [0.25, 0.3) is 5.91 Å². The molecule has 2 aromatic rings. The van der Waals surface area contributed by atoms with E-state index in [-0.39, 0.29) is 24.3 Å². The Kier molecular flexibility index (Phi) is 9.61. The smallest absolute Gasteiger partial charge is 0.273 e. The number of carbonyl (C=O) groups excluding carboxylic acids is 3. The van der Waals surface area contributed by atoms with Crippen LogP contribution in [0.3, 0.4) is 0 Å². The normalized spacial score (nSPS) is 10.5. The fraction of sp³-hybridized carbons (Fsp3) is 0.286. The number of nitrogens with one attached hydrogen (secondary N) is 3. The molecule has 0 heterocycles. The number of hydrogen-bond donors (Lipinski definition) is 3. The van der Waals surface area contributed by atoms with Gasteiger partial charge in [-0.2, -0.15) is 0 Å². The fourth-order valence-electron chi connectivity index (χ4n) is 2.35. The molecule has 31 heavy (non-hydrogen) atoms. The van der Waals surface area contributed by atoms with Gasteiger partial charge >= 0.3 is 0 Å². The Morgan fingerprint density at radius 3 is 2.39 bits per heavy atom. The van der Waals surface area contributed by atoms with E-state index in [1.807, 2.05) is 13.8 Å². The first-order valence-corrected chi connectivity index (χ1v) is 11.0. The van der Waals surface area contributed by atoms with Gasteiger partial charge in [0.1, 0.15) is 5.75 Å². The zero-order valence-electron chi connectivity index (χ0n) is 16.9. The number of hydrazine groups is 1. The molecule has 0 atom stereocenters. The molecule has 7 nitrogen and oxygen atoms in total. The molecule has 0 bridgehead atoms. The fourth-order valence-corrected chi connectivity index (χ4v) is 3.17. The van der Waals surface area contributed by atoms with Gasteiger partial charge in [-0.05, 0) is 42.3 Å². The second kappa shape index (κ2) is 11.9. The SMILES string of the molecule is CC(C)COc1ccc(Br)cc1C(=O)NNC(=O)CCC(=O)Nc1ccc(Cl)cc1Cl. The molecule has 0 fully saturated rings. The first-order valence-electron chi connectivity index (χ1n) is 9.42. The summed E-state index contributed by atoms with van der Waals surface area (Å²) in [6, 6.07) is 9.70. The topological polar surface area (TPSA) is 96.5 Å². The number of ether oxygens (including phenoxy) is 1. The summed E-state index contributed by atoms with van der Waals surface area (Å²) in [7, 11) is 0. The minimum absolute atomic E-state index is 0.0969. The van der Waals surface area contributed by atoms with Crippen LogP contribution in [0.5, 0.6) is 5.75 Å². The van der Waals surface area contributed by atoms with Gasteiger partial charge in [0.05, 0.1) is 22.9 Å². The van der Waals surface area contributed by atoms with Crippen LogP contribution >= 0.6 is 39.1 Å². The van der Waals surface area contributed by atoms with Gasteiger partial charge in [-0.25, -0.2) is 0 Å². The van der Waals surface area contributed by atoms with Crippen LogP contribution in [-0.2, 0) is 9.59 Å². The van der Waals surface area contributed by atoms with Crippen molar-refractivity contribution in [3.8, 4) is 5.75 Å². The minimum atomic E-state index is -0.536. The Balaban J connectivity index is 1.85. The zero-order valence-corrected chi connectivity index (χ0v) is 20.0. The summed E-state index contributed by atoms with van der Waals surface area (Å²) in [5.41, 5.74) is 5.30. The summed E-state index contributed by atoms with van der Waals surface area (Å²) in [5, 5.41) is 3.34. The molecule has 0 spiro atoms. The van der Waals surface area contributed by atoms with E-state index in [2.05, 4.69) is 32.1 Å². The summed E-state index contributed by atoms with van der Waals surface area (Å²) >= 11 is 15.1. The van der Waals surface area contributed by atoms with Gasteiger partial charge < -0.3 is 10.1 Å². The molecule has 0 unspecified atom stereocenters. The predicted octanol–water partition coefficient (Wildman–Crippen LogP) is 4.97. The largest absolute Gasteiger partial charge is 0.492 e. The molecule has 0 aliphatic heterocycles. The zero-order chi connectivity index (χ0) is 23.0. The first-order chi connectivity index (χ1) is 14.7. The number of carbonyl (C=O) groups is 3. The van der Waals surface area contributed by atoms with Crippen molar-refractivity contribution < 1.29 is 19.1 Å². The molecule has 0 aliphatic rings. The summed E-state index contributed by atoms with van der Waals surface area (Å²) in [6.45, 7) is 4.44. The molecule has 0 radical (unpaired) electrons. The standard InChI is InChI=1S/C21H22BrCl2N3O4/c1-12(2)11-31-18-6-3-13(22)9-15(18)21(30)27-26-20(29)8-7-19(28)25-17-5-4-14(23)10-16(17)24/h3-6,9-10,12H,7-8,11H2,1-2H3,(H,25,28)(H,26,29)(H,27,30). The van der Waals surface area contributed by atoms with E-state index in [0.29, 0.717) is 32.6 Å². The van der Waals surface area contributed by atoms with E-state index >= 15 is 0 Å². The van der Waals surface area contributed by atoms with Crippen molar-refractivity contribution in [3.63, 3.8) is 0 Å². The van der Waals surface area contributed by atoms with Crippen molar-refractivity contribution in [2.75, 3.05) is 11.9 Å². The molecule has 0 saturated heterocycles. The predicted molar refractivity (Wildman–Crippen MR) is 124 cm³/mol. The number of halogens is 3. The maximum Gasteiger partial charge on any atom is 0.273 e. The van der Waals surface area contributed by atoms with Crippen LogP contribution in [0.15, 0.2) is 40.9 Å². The number of amides is 3. The lowest BCUT2D eigenvalue weighted by Gasteiger charge is -2.14. The lowest BCUT2D eigenvalue weighted by Crippen LogP contribution is -2.42. The highest BCUT2D eigenvalue weighted by molar-refractivity contribution is 9.10. The summed E-state index contributed by atoms with van der Waals surface area (Å²) in [6.07, 6.45) is -0.229. The van der Waals surface area contributed by atoms with Crippen molar-refractivity contribution >= 4 is 62.5 Å². The molecule has 0 aliphatic carbocycles. The molecular weight excluding hydrogens is 509 g/mol. The van der Waals surface area contributed by atoms with Crippen molar-refractivity contribution in [1.29, 1.82) is 0 Å². The van der Waals surface area contributed by atoms with E-state index in [4.69, 9.17) is 27.9 Å². The Morgan fingerprint density at radius 2 is 1.71 bits per heavy atom. The van der Waals surface area contributed by atoms with Crippen molar-refractivity contribution in [2.45, 2.75) is 26.7 Å². The Morgan fingerprint density at radius 1 is 1.00 bits per heavy atom. The average Bonchev–Trinajstić information content (AvgIpc) is 2.71.